The average Bonchev–Trinajstić information content (AvgIpc) is 2.31. The molecule has 2 N–H and O–H groups in total. The Morgan fingerprint density at radius 3 is 2.48 bits per heavy atom. The molecule has 2 rings (SSSR count). The minimum Gasteiger partial charge on any atom is -0.478 e. The van der Waals surface area contributed by atoms with E-state index in [4.69, 9.17) is 28.3 Å². The first-order valence-electron chi connectivity index (χ1n) is 6.53. The fourth-order valence-electron chi connectivity index (χ4n) is 2.16. The van der Waals surface area contributed by atoms with Crippen molar-refractivity contribution in [1.82, 2.24) is 4.72 Å². The number of nitrogens with one attached hydrogen (secondary N) is 1. The third-order valence-corrected chi connectivity index (χ3v) is 5.85. The molecule has 5 nitrogen and oxygen atoms in total. The molecule has 0 aromatic heterocycles. The highest BCUT2D eigenvalue weighted by molar-refractivity contribution is 7.89. The Kier molecular flexibility index (Phi) is 5.14. The second kappa shape index (κ2) is 6.52. The van der Waals surface area contributed by atoms with Crippen LogP contribution >= 0.6 is 23.2 Å². The second-order valence-electron chi connectivity index (χ2n) is 5.05. The van der Waals surface area contributed by atoms with Gasteiger partial charge in [0.05, 0.1) is 15.6 Å². The maximum atomic E-state index is 12.2. The van der Waals surface area contributed by atoms with Crippen LogP contribution in [0.3, 0.4) is 0 Å². The number of halogens is 2. The maximum Gasteiger partial charge on any atom is 0.337 e. The van der Waals surface area contributed by atoms with Crippen molar-refractivity contribution in [2.75, 3.05) is 6.54 Å². The zero-order chi connectivity index (χ0) is 15.6. The highest BCUT2D eigenvalue weighted by Gasteiger charge is 2.23. The number of rotatable bonds is 6. The highest BCUT2D eigenvalue weighted by atomic mass is 35.5. The van der Waals surface area contributed by atoms with Gasteiger partial charge in [0.25, 0.3) is 0 Å². The molecular weight excluding hydrogens is 337 g/mol. The van der Waals surface area contributed by atoms with Gasteiger partial charge in [0.1, 0.15) is 4.90 Å². The van der Waals surface area contributed by atoms with Crippen LogP contribution in [0.4, 0.5) is 0 Å². The molecule has 0 unspecified atom stereocenters. The molecule has 0 atom stereocenters. The third kappa shape index (κ3) is 3.88. The number of aromatic carboxylic acids is 1. The fraction of sp³-hybridized carbons (Fsp3) is 0.462. The topological polar surface area (TPSA) is 83.5 Å². The molecule has 0 heterocycles. The average molecular weight is 352 g/mol. The molecular formula is C13H15Cl2NO4S. The van der Waals surface area contributed by atoms with Gasteiger partial charge in [-0.2, -0.15) is 0 Å². The Bertz CT molecular complexity index is 656. The summed E-state index contributed by atoms with van der Waals surface area (Å²) < 4.78 is 26.8. The summed E-state index contributed by atoms with van der Waals surface area (Å²) in [7, 11) is -3.85. The summed E-state index contributed by atoms with van der Waals surface area (Å²) in [6.07, 6.45) is 4.23. The van der Waals surface area contributed by atoms with Gasteiger partial charge >= 0.3 is 5.97 Å². The van der Waals surface area contributed by atoms with Crippen molar-refractivity contribution in [3.63, 3.8) is 0 Å². The van der Waals surface area contributed by atoms with E-state index >= 15 is 0 Å². The third-order valence-electron chi connectivity index (χ3n) is 3.61. The molecule has 1 saturated carbocycles. The van der Waals surface area contributed by atoms with E-state index in [0.717, 1.165) is 31.4 Å². The second-order valence-corrected chi connectivity index (χ2v) is 7.60. The van der Waals surface area contributed by atoms with Crippen LogP contribution in [0.2, 0.25) is 10.0 Å². The summed E-state index contributed by atoms with van der Waals surface area (Å²) in [4.78, 5) is 10.8. The van der Waals surface area contributed by atoms with Crippen LogP contribution in [-0.4, -0.2) is 26.0 Å². The molecule has 0 radical (unpaired) electrons. The molecule has 0 bridgehead atoms. The Hall–Kier alpha value is -0.820. The summed E-state index contributed by atoms with van der Waals surface area (Å²) in [5.74, 6) is -0.731. The molecule has 0 amide bonds. The largest absolute Gasteiger partial charge is 0.478 e. The van der Waals surface area contributed by atoms with Gasteiger partial charge in [-0.05, 0) is 24.5 Å². The monoisotopic (exact) mass is 351 g/mol. The minimum absolute atomic E-state index is 0.0962. The van der Waals surface area contributed by atoms with E-state index in [2.05, 4.69) is 4.72 Å². The normalized spacial score (nSPS) is 15.7. The molecule has 8 heteroatoms. The maximum absolute atomic E-state index is 12.2. The molecule has 0 saturated heterocycles. The first-order chi connectivity index (χ1) is 9.81. The van der Waals surface area contributed by atoms with Crippen LogP contribution in [0.25, 0.3) is 0 Å². The number of hydrogen-bond donors (Lipinski definition) is 2. The SMILES string of the molecule is O=C(O)c1cc(S(=O)(=O)NCCC2CCC2)c(Cl)cc1Cl. The van der Waals surface area contributed by atoms with Gasteiger partial charge < -0.3 is 5.11 Å². The van der Waals surface area contributed by atoms with Crippen molar-refractivity contribution in [3.8, 4) is 0 Å². The van der Waals surface area contributed by atoms with E-state index < -0.39 is 16.0 Å². The van der Waals surface area contributed by atoms with Crippen LogP contribution in [0.15, 0.2) is 17.0 Å². The number of benzene rings is 1. The van der Waals surface area contributed by atoms with E-state index in [9.17, 15) is 13.2 Å². The lowest BCUT2D eigenvalue weighted by molar-refractivity contribution is 0.0697. The smallest absolute Gasteiger partial charge is 0.337 e. The summed E-state index contributed by atoms with van der Waals surface area (Å²) in [6.45, 7) is 0.314. The minimum atomic E-state index is -3.85. The first kappa shape index (κ1) is 16.5. The molecule has 1 aliphatic carbocycles. The lowest BCUT2D eigenvalue weighted by atomic mass is 9.83. The van der Waals surface area contributed by atoms with Gasteiger partial charge in [0.2, 0.25) is 10.0 Å². The molecule has 1 aromatic rings. The summed E-state index contributed by atoms with van der Waals surface area (Å²) in [5, 5.41) is 8.80. The van der Waals surface area contributed by atoms with E-state index in [-0.39, 0.29) is 20.5 Å². The number of hydrogen-bond acceptors (Lipinski definition) is 3. The number of carboxylic acid groups (broad SMARTS) is 1. The van der Waals surface area contributed by atoms with Crippen molar-refractivity contribution in [2.45, 2.75) is 30.6 Å². The van der Waals surface area contributed by atoms with Crippen LogP contribution < -0.4 is 4.72 Å². The lowest BCUT2D eigenvalue weighted by Crippen LogP contribution is -2.28. The molecule has 0 aliphatic heterocycles. The van der Waals surface area contributed by atoms with Gasteiger partial charge in [0, 0.05) is 6.54 Å². The van der Waals surface area contributed by atoms with Crippen molar-refractivity contribution in [2.24, 2.45) is 5.92 Å². The van der Waals surface area contributed by atoms with Crippen LogP contribution in [0.5, 0.6) is 0 Å². The molecule has 21 heavy (non-hydrogen) atoms. The van der Waals surface area contributed by atoms with Gasteiger partial charge in [0.15, 0.2) is 0 Å². The summed E-state index contributed by atoms with van der Waals surface area (Å²) >= 11 is 11.6. The van der Waals surface area contributed by atoms with E-state index in [1.54, 1.807) is 0 Å². The fourth-order valence-corrected chi connectivity index (χ4v) is 4.06. The standard InChI is InChI=1S/C13H15Cl2NO4S/c14-10-7-11(15)12(6-9(10)13(17)18)21(19,20)16-5-4-8-2-1-3-8/h6-8,16H,1-5H2,(H,17,18). The van der Waals surface area contributed by atoms with E-state index in [0.29, 0.717) is 12.5 Å². The summed E-state index contributed by atoms with van der Waals surface area (Å²) in [5.41, 5.74) is -0.291. The molecule has 1 aliphatic rings. The summed E-state index contributed by atoms with van der Waals surface area (Å²) in [6, 6.07) is 2.12. The number of carbonyl (C=O) groups is 1. The Labute approximate surface area is 133 Å². The zero-order valence-corrected chi connectivity index (χ0v) is 13.4. The van der Waals surface area contributed by atoms with Gasteiger partial charge in [-0.1, -0.05) is 42.5 Å². The van der Waals surface area contributed by atoms with Crippen molar-refractivity contribution in [1.29, 1.82) is 0 Å². The zero-order valence-electron chi connectivity index (χ0n) is 11.1. The molecule has 0 spiro atoms. The Balaban J connectivity index is 2.17. The number of carboxylic acids is 1. The Morgan fingerprint density at radius 1 is 1.29 bits per heavy atom. The van der Waals surface area contributed by atoms with E-state index in [1.165, 1.54) is 6.42 Å². The van der Waals surface area contributed by atoms with Crippen LogP contribution in [0.1, 0.15) is 36.0 Å². The van der Waals surface area contributed by atoms with Crippen molar-refractivity contribution >= 4 is 39.2 Å². The Morgan fingerprint density at radius 2 is 1.95 bits per heavy atom. The van der Waals surface area contributed by atoms with Gasteiger partial charge in [-0.25, -0.2) is 17.9 Å². The predicted octanol–water partition coefficient (Wildman–Crippen LogP) is 3.16. The van der Waals surface area contributed by atoms with Crippen molar-refractivity contribution in [3.05, 3.63) is 27.7 Å². The molecule has 1 aromatic carbocycles. The van der Waals surface area contributed by atoms with Gasteiger partial charge in [-0.3, -0.25) is 0 Å². The quantitative estimate of drug-likeness (QED) is 0.824. The first-order valence-corrected chi connectivity index (χ1v) is 8.77. The predicted molar refractivity (Wildman–Crippen MR) is 80.6 cm³/mol. The highest BCUT2D eigenvalue weighted by Crippen LogP contribution is 2.30. The van der Waals surface area contributed by atoms with Crippen molar-refractivity contribution < 1.29 is 18.3 Å². The van der Waals surface area contributed by atoms with Crippen LogP contribution in [-0.2, 0) is 10.0 Å². The lowest BCUT2D eigenvalue weighted by Gasteiger charge is -2.25. The molecule has 116 valence electrons. The van der Waals surface area contributed by atoms with Crippen LogP contribution in [0, 0.1) is 5.92 Å². The molecule has 1 fully saturated rings. The van der Waals surface area contributed by atoms with Gasteiger partial charge in [-0.15, -0.1) is 0 Å². The number of sulfonamides is 1. The van der Waals surface area contributed by atoms with E-state index in [1.807, 2.05) is 0 Å².